The van der Waals surface area contributed by atoms with Crippen molar-refractivity contribution in [2.45, 2.75) is 6.92 Å². The number of hydrogen-bond donors (Lipinski definition) is 4. The van der Waals surface area contributed by atoms with E-state index >= 15 is 0 Å². The van der Waals surface area contributed by atoms with Gasteiger partial charge in [0.05, 0.1) is 0 Å². The molecule has 0 aliphatic heterocycles. The van der Waals surface area contributed by atoms with Crippen LogP contribution in [0, 0.1) is 5.41 Å². The molecule has 1 rings (SSSR count). The molecule has 0 spiro atoms. The maximum Gasteiger partial charge on any atom is 0.300 e. The third-order valence-electron chi connectivity index (χ3n) is 0.667. The highest BCUT2D eigenvalue weighted by Gasteiger charge is 1.65. The van der Waals surface area contributed by atoms with Crippen LogP contribution in [-0.2, 0) is 4.79 Å². The molecule has 1 aromatic carbocycles. The Labute approximate surface area is 92.6 Å². The number of hydrogen-bond acceptors (Lipinski definition) is 2. The summed E-state index contributed by atoms with van der Waals surface area (Å²) in [6.07, 6.45) is 0. The third-order valence-corrected chi connectivity index (χ3v) is 0.667. The SMILES string of the molecule is CC(=O)O.N=C(N)N.P.c1ccccc1. The van der Waals surface area contributed by atoms with Gasteiger partial charge in [0.25, 0.3) is 5.97 Å². The molecule has 6 heteroatoms. The maximum atomic E-state index is 9.00. The van der Waals surface area contributed by atoms with Gasteiger partial charge in [0, 0.05) is 6.92 Å². The molecule has 0 radical (unpaired) electrons. The Balaban J connectivity index is -0.000000145. The van der Waals surface area contributed by atoms with Crippen LogP contribution in [0.5, 0.6) is 0 Å². The lowest BCUT2D eigenvalue weighted by Crippen LogP contribution is -2.20. The number of nitrogens with two attached hydrogens (primary N) is 2. The van der Waals surface area contributed by atoms with E-state index < -0.39 is 5.97 Å². The summed E-state index contributed by atoms with van der Waals surface area (Å²) >= 11 is 0. The van der Waals surface area contributed by atoms with Gasteiger partial charge in [0.15, 0.2) is 5.96 Å². The molecule has 0 fully saturated rings. The van der Waals surface area contributed by atoms with Gasteiger partial charge in [-0.3, -0.25) is 10.2 Å². The van der Waals surface area contributed by atoms with Crippen LogP contribution in [0.2, 0.25) is 0 Å². The molecule has 0 saturated heterocycles. The van der Waals surface area contributed by atoms with Crippen LogP contribution in [-0.4, -0.2) is 17.0 Å². The second-order valence-corrected chi connectivity index (χ2v) is 2.13. The minimum absolute atomic E-state index is 0. The summed E-state index contributed by atoms with van der Waals surface area (Å²) in [5.41, 5.74) is 8.94. The molecule has 0 aromatic heterocycles. The van der Waals surface area contributed by atoms with Crippen molar-refractivity contribution in [3.8, 4) is 0 Å². The number of rotatable bonds is 0. The highest BCUT2D eigenvalue weighted by atomic mass is 31.0. The summed E-state index contributed by atoms with van der Waals surface area (Å²) in [4.78, 5) is 9.00. The topological polar surface area (TPSA) is 113 Å². The number of benzene rings is 1. The van der Waals surface area contributed by atoms with Crippen molar-refractivity contribution >= 4 is 21.8 Å². The van der Waals surface area contributed by atoms with Crippen LogP contribution in [0.25, 0.3) is 0 Å². The van der Waals surface area contributed by atoms with Gasteiger partial charge in [-0.2, -0.15) is 9.90 Å². The fraction of sp³-hybridized carbons (Fsp3) is 0.111. The molecule has 0 amide bonds. The van der Waals surface area contributed by atoms with Gasteiger partial charge in [0.1, 0.15) is 0 Å². The molecule has 0 aliphatic rings. The van der Waals surface area contributed by atoms with Crippen molar-refractivity contribution in [3.63, 3.8) is 0 Å². The second kappa shape index (κ2) is 14.9. The number of nitrogens with one attached hydrogen (secondary N) is 1. The monoisotopic (exact) mass is 231 g/mol. The normalized spacial score (nSPS) is 6.47. The molecular weight excluding hydrogens is 213 g/mol. The molecule has 0 bridgehead atoms. The standard InChI is InChI=1S/C6H6.C2H4O2.CH5N3.H3P/c1-2-4-6-5-3-1;1-2(3)4;2-1(3)4;/h1-6H;1H3,(H,3,4);(H5,2,3,4);1H3. The first kappa shape index (κ1) is 19.0. The summed E-state index contributed by atoms with van der Waals surface area (Å²) in [5.74, 6) is -1.17. The number of carbonyl (C=O) groups is 1. The molecule has 1 atom stereocenters. The van der Waals surface area contributed by atoms with E-state index in [2.05, 4.69) is 11.5 Å². The van der Waals surface area contributed by atoms with Crippen LogP contribution in [0.3, 0.4) is 0 Å². The summed E-state index contributed by atoms with van der Waals surface area (Å²) < 4.78 is 0. The predicted molar refractivity (Wildman–Crippen MR) is 67.0 cm³/mol. The lowest BCUT2D eigenvalue weighted by molar-refractivity contribution is -0.134. The quantitative estimate of drug-likeness (QED) is 0.298. The molecule has 0 heterocycles. The lowest BCUT2D eigenvalue weighted by atomic mass is 10.4. The Bertz CT molecular complexity index is 208. The van der Waals surface area contributed by atoms with Crippen molar-refractivity contribution in [3.05, 3.63) is 36.4 Å². The number of carboxylic acids is 1. The van der Waals surface area contributed by atoms with Gasteiger partial charge in [0.2, 0.25) is 0 Å². The van der Waals surface area contributed by atoms with Crippen molar-refractivity contribution in [1.29, 1.82) is 5.41 Å². The smallest absolute Gasteiger partial charge is 0.300 e. The Morgan fingerprint density at radius 1 is 1.07 bits per heavy atom. The lowest BCUT2D eigenvalue weighted by Gasteiger charge is -1.69. The number of guanidine groups is 1. The molecule has 0 saturated carbocycles. The minimum Gasteiger partial charge on any atom is -0.481 e. The summed E-state index contributed by atoms with van der Waals surface area (Å²) in [5, 5.41) is 13.5. The first-order valence-electron chi connectivity index (χ1n) is 3.76. The van der Waals surface area contributed by atoms with Crippen LogP contribution in [0.1, 0.15) is 6.92 Å². The van der Waals surface area contributed by atoms with Crippen molar-refractivity contribution in [1.82, 2.24) is 0 Å². The van der Waals surface area contributed by atoms with E-state index in [1.54, 1.807) is 0 Å². The second-order valence-electron chi connectivity index (χ2n) is 2.13. The van der Waals surface area contributed by atoms with E-state index in [4.69, 9.17) is 15.3 Å². The zero-order chi connectivity index (χ0) is 11.4. The molecule has 1 aromatic rings. The Morgan fingerprint density at radius 3 is 1.20 bits per heavy atom. The molecular formula is C9H18N3O2P. The van der Waals surface area contributed by atoms with E-state index in [1.807, 2.05) is 36.4 Å². The van der Waals surface area contributed by atoms with Crippen molar-refractivity contribution < 1.29 is 9.90 Å². The molecule has 15 heavy (non-hydrogen) atoms. The van der Waals surface area contributed by atoms with E-state index in [0.717, 1.165) is 6.92 Å². The van der Waals surface area contributed by atoms with Gasteiger partial charge in [-0.05, 0) is 0 Å². The van der Waals surface area contributed by atoms with Gasteiger partial charge in [-0.15, -0.1) is 0 Å². The highest BCUT2D eigenvalue weighted by Crippen LogP contribution is 1.79. The van der Waals surface area contributed by atoms with Gasteiger partial charge < -0.3 is 16.6 Å². The van der Waals surface area contributed by atoms with E-state index in [9.17, 15) is 0 Å². The summed E-state index contributed by atoms with van der Waals surface area (Å²) in [7, 11) is 0. The van der Waals surface area contributed by atoms with E-state index in [1.165, 1.54) is 0 Å². The summed E-state index contributed by atoms with van der Waals surface area (Å²) in [6.45, 7) is 1.08. The predicted octanol–water partition coefficient (Wildman–Crippen LogP) is 0.674. The molecule has 5 nitrogen and oxygen atoms in total. The van der Waals surface area contributed by atoms with Crippen LogP contribution >= 0.6 is 9.90 Å². The van der Waals surface area contributed by atoms with E-state index in [0.29, 0.717) is 0 Å². The number of carboxylic acid groups (broad SMARTS) is 1. The fourth-order valence-electron chi connectivity index (χ4n) is 0.385. The zero-order valence-electron chi connectivity index (χ0n) is 8.68. The molecule has 0 aliphatic carbocycles. The van der Waals surface area contributed by atoms with Gasteiger partial charge in [-0.1, -0.05) is 36.4 Å². The van der Waals surface area contributed by atoms with Crippen LogP contribution < -0.4 is 11.5 Å². The van der Waals surface area contributed by atoms with Crippen molar-refractivity contribution in [2.75, 3.05) is 0 Å². The molecule has 86 valence electrons. The average molecular weight is 231 g/mol. The van der Waals surface area contributed by atoms with Crippen molar-refractivity contribution in [2.24, 2.45) is 11.5 Å². The number of aliphatic carboxylic acids is 1. The average Bonchev–Trinajstić information content (AvgIpc) is 2.05. The fourth-order valence-corrected chi connectivity index (χ4v) is 0.385. The first-order valence-corrected chi connectivity index (χ1v) is 3.76. The molecule has 1 unspecified atom stereocenters. The Kier molecular flexibility index (Phi) is 18.9. The highest BCUT2D eigenvalue weighted by molar-refractivity contribution is 6.92. The largest absolute Gasteiger partial charge is 0.481 e. The summed E-state index contributed by atoms with van der Waals surface area (Å²) in [6, 6.07) is 12.0. The Morgan fingerprint density at radius 2 is 1.13 bits per heavy atom. The van der Waals surface area contributed by atoms with Crippen LogP contribution in [0.4, 0.5) is 0 Å². The zero-order valence-corrected chi connectivity index (χ0v) is 10.1. The molecule has 6 N–H and O–H groups in total. The minimum atomic E-state index is -0.833. The van der Waals surface area contributed by atoms with Gasteiger partial charge >= 0.3 is 0 Å². The van der Waals surface area contributed by atoms with E-state index in [-0.39, 0.29) is 15.9 Å². The van der Waals surface area contributed by atoms with Crippen LogP contribution in [0.15, 0.2) is 36.4 Å². The first-order chi connectivity index (χ1) is 6.46. The maximum absolute atomic E-state index is 9.00. The Hall–Kier alpha value is -1.61. The van der Waals surface area contributed by atoms with Gasteiger partial charge in [-0.25, -0.2) is 0 Å². The third kappa shape index (κ3) is 69.4.